The van der Waals surface area contributed by atoms with Gasteiger partial charge in [-0.3, -0.25) is 4.79 Å². The molecular weight excluding hydrogens is 310 g/mol. The molecule has 5 heteroatoms. The molecule has 1 aliphatic rings. The molecule has 1 saturated heterocycles. The molecule has 1 aliphatic heterocycles. The molecule has 0 aliphatic carbocycles. The molecule has 2 aromatic rings. The summed E-state index contributed by atoms with van der Waals surface area (Å²) in [5.74, 6) is 0.0365. The van der Waals surface area contributed by atoms with Gasteiger partial charge < -0.3 is 14.4 Å². The molecule has 0 N–H and O–H groups in total. The van der Waals surface area contributed by atoms with Crippen LogP contribution in [0.2, 0.25) is 0 Å². The van der Waals surface area contributed by atoms with E-state index in [4.69, 9.17) is 9.47 Å². The third kappa shape index (κ3) is 3.80. The monoisotopic (exact) mass is 331 g/mol. The first-order chi connectivity index (χ1) is 11.1. The number of benzene rings is 1. The Hall–Kier alpha value is -1.69. The van der Waals surface area contributed by atoms with E-state index >= 15 is 0 Å². The minimum absolute atomic E-state index is 0.0349. The van der Waals surface area contributed by atoms with Crippen LogP contribution in [0, 0.1) is 6.92 Å². The number of ether oxygens (including phenoxy) is 2. The van der Waals surface area contributed by atoms with E-state index in [1.807, 2.05) is 38.2 Å². The van der Waals surface area contributed by atoms with E-state index in [1.54, 1.807) is 16.2 Å². The van der Waals surface area contributed by atoms with Crippen molar-refractivity contribution in [1.82, 2.24) is 4.90 Å². The van der Waals surface area contributed by atoms with Crippen LogP contribution in [0.4, 0.5) is 0 Å². The number of aryl methyl sites for hydroxylation is 1. The van der Waals surface area contributed by atoms with Crippen molar-refractivity contribution in [3.05, 3.63) is 46.8 Å². The van der Waals surface area contributed by atoms with Crippen LogP contribution in [-0.2, 0) is 9.47 Å². The third-order valence-electron chi connectivity index (χ3n) is 3.87. The molecule has 0 spiro atoms. The number of likely N-dealkylation sites (N-methyl/N-ethyl adjacent to an activating group) is 1. The van der Waals surface area contributed by atoms with Crippen molar-refractivity contribution < 1.29 is 14.3 Å². The maximum absolute atomic E-state index is 12.7. The van der Waals surface area contributed by atoms with Crippen molar-refractivity contribution in [2.24, 2.45) is 0 Å². The standard InChI is InChI=1S/C18H21NO3S/c1-13-10-16(23-17(13)14-6-4-3-5-7-14)18(20)19(2)11-15-12-21-8-9-22-15/h3-7,10,15H,8-9,11-12H2,1-2H3. The molecule has 1 aromatic carbocycles. The lowest BCUT2D eigenvalue weighted by Gasteiger charge is -2.27. The van der Waals surface area contributed by atoms with Crippen molar-refractivity contribution in [1.29, 1.82) is 0 Å². The summed E-state index contributed by atoms with van der Waals surface area (Å²) in [6.07, 6.45) is -0.0349. The van der Waals surface area contributed by atoms with Gasteiger partial charge in [-0.05, 0) is 24.1 Å². The van der Waals surface area contributed by atoms with Crippen molar-refractivity contribution in [3.8, 4) is 10.4 Å². The topological polar surface area (TPSA) is 38.8 Å². The summed E-state index contributed by atoms with van der Waals surface area (Å²) in [4.78, 5) is 16.3. The molecule has 1 amide bonds. The van der Waals surface area contributed by atoms with Crippen molar-refractivity contribution in [3.63, 3.8) is 0 Å². The summed E-state index contributed by atoms with van der Waals surface area (Å²) >= 11 is 1.55. The molecular formula is C18H21NO3S. The number of carbonyl (C=O) groups is 1. The fourth-order valence-electron chi connectivity index (χ4n) is 2.68. The molecule has 23 heavy (non-hydrogen) atoms. The van der Waals surface area contributed by atoms with Gasteiger partial charge in [0.15, 0.2) is 0 Å². The Morgan fingerprint density at radius 2 is 2.09 bits per heavy atom. The highest BCUT2D eigenvalue weighted by Crippen LogP contribution is 2.32. The molecule has 122 valence electrons. The maximum Gasteiger partial charge on any atom is 0.263 e. The fourth-order valence-corrected chi connectivity index (χ4v) is 3.85. The second-order valence-electron chi connectivity index (χ2n) is 5.74. The van der Waals surface area contributed by atoms with Crippen molar-refractivity contribution in [2.75, 3.05) is 33.4 Å². The van der Waals surface area contributed by atoms with Gasteiger partial charge in [0.1, 0.15) is 0 Å². The van der Waals surface area contributed by atoms with Crippen LogP contribution in [0.3, 0.4) is 0 Å². The highest BCUT2D eigenvalue weighted by atomic mass is 32.1. The van der Waals surface area contributed by atoms with E-state index < -0.39 is 0 Å². The third-order valence-corrected chi connectivity index (χ3v) is 5.15. The normalized spacial score (nSPS) is 17.9. The van der Waals surface area contributed by atoms with E-state index in [0.717, 1.165) is 20.9 Å². The van der Waals surface area contributed by atoms with Gasteiger partial charge in [-0.25, -0.2) is 0 Å². The number of nitrogens with zero attached hydrogens (tertiary/aromatic N) is 1. The Balaban J connectivity index is 1.72. The molecule has 1 unspecified atom stereocenters. The Labute approximate surface area is 140 Å². The molecule has 1 fully saturated rings. The zero-order chi connectivity index (χ0) is 16.2. The van der Waals surface area contributed by atoms with Gasteiger partial charge in [0.2, 0.25) is 0 Å². The predicted molar refractivity (Wildman–Crippen MR) is 92.0 cm³/mol. The number of amides is 1. The number of carbonyl (C=O) groups excluding carboxylic acids is 1. The summed E-state index contributed by atoms with van der Waals surface area (Å²) in [7, 11) is 1.82. The van der Waals surface area contributed by atoms with Gasteiger partial charge in [-0.1, -0.05) is 30.3 Å². The van der Waals surface area contributed by atoms with Gasteiger partial charge in [-0.2, -0.15) is 0 Å². The van der Waals surface area contributed by atoms with E-state index in [9.17, 15) is 4.79 Å². The van der Waals surface area contributed by atoms with Gasteiger partial charge >= 0.3 is 0 Å². The average molecular weight is 331 g/mol. The second kappa shape index (κ2) is 7.25. The zero-order valence-corrected chi connectivity index (χ0v) is 14.3. The van der Waals surface area contributed by atoms with Crippen molar-refractivity contribution >= 4 is 17.2 Å². The average Bonchev–Trinajstić information content (AvgIpc) is 2.97. The van der Waals surface area contributed by atoms with Crippen LogP contribution in [0.25, 0.3) is 10.4 Å². The van der Waals surface area contributed by atoms with E-state index in [-0.39, 0.29) is 12.0 Å². The Kier molecular flexibility index (Phi) is 5.10. The minimum Gasteiger partial charge on any atom is -0.376 e. The lowest BCUT2D eigenvalue weighted by molar-refractivity contribution is -0.0933. The minimum atomic E-state index is -0.0349. The lowest BCUT2D eigenvalue weighted by atomic mass is 10.1. The van der Waals surface area contributed by atoms with Gasteiger partial charge in [0.25, 0.3) is 5.91 Å². The second-order valence-corrected chi connectivity index (χ2v) is 6.79. The maximum atomic E-state index is 12.7. The predicted octanol–water partition coefficient (Wildman–Crippen LogP) is 3.21. The molecule has 0 saturated carbocycles. The molecule has 3 rings (SSSR count). The quantitative estimate of drug-likeness (QED) is 0.863. The first-order valence-electron chi connectivity index (χ1n) is 7.76. The molecule has 2 heterocycles. The first kappa shape index (κ1) is 16.2. The molecule has 4 nitrogen and oxygen atoms in total. The van der Waals surface area contributed by atoms with Gasteiger partial charge in [0.05, 0.1) is 30.8 Å². The Morgan fingerprint density at radius 1 is 1.30 bits per heavy atom. The van der Waals surface area contributed by atoms with E-state index in [0.29, 0.717) is 26.4 Å². The summed E-state index contributed by atoms with van der Waals surface area (Å²) in [6, 6.07) is 12.2. The molecule has 0 bridgehead atoms. The number of thiophene rings is 1. The van der Waals surface area contributed by atoms with Gasteiger partial charge in [0, 0.05) is 18.5 Å². The van der Waals surface area contributed by atoms with Crippen LogP contribution >= 0.6 is 11.3 Å². The Bertz CT molecular complexity index is 662. The number of hydrogen-bond acceptors (Lipinski definition) is 4. The van der Waals surface area contributed by atoms with Crippen LogP contribution in [0.1, 0.15) is 15.2 Å². The highest BCUT2D eigenvalue weighted by molar-refractivity contribution is 7.17. The van der Waals surface area contributed by atoms with Crippen LogP contribution < -0.4 is 0 Å². The summed E-state index contributed by atoms with van der Waals surface area (Å²) in [5, 5.41) is 0. The summed E-state index contributed by atoms with van der Waals surface area (Å²) in [6.45, 7) is 4.39. The summed E-state index contributed by atoms with van der Waals surface area (Å²) < 4.78 is 11.0. The summed E-state index contributed by atoms with van der Waals surface area (Å²) in [5.41, 5.74) is 2.29. The van der Waals surface area contributed by atoms with Crippen LogP contribution in [0.5, 0.6) is 0 Å². The highest BCUT2D eigenvalue weighted by Gasteiger charge is 2.22. The van der Waals surface area contributed by atoms with Crippen molar-refractivity contribution in [2.45, 2.75) is 13.0 Å². The first-order valence-corrected chi connectivity index (χ1v) is 8.57. The molecule has 1 atom stereocenters. The largest absolute Gasteiger partial charge is 0.376 e. The molecule has 1 aromatic heterocycles. The number of rotatable bonds is 4. The SMILES string of the molecule is Cc1cc(C(=O)N(C)CC2COCCO2)sc1-c1ccccc1. The van der Waals surface area contributed by atoms with E-state index in [2.05, 4.69) is 12.1 Å². The lowest BCUT2D eigenvalue weighted by Crippen LogP contribution is -2.40. The number of hydrogen-bond donors (Lipinski definition) is 0. The Morgan fingerprint density at radius 3 is 2.78 bits per heavy atom. The van der Waals surface area contributed by atoms with E-state index in [1.165, 1.54) is 0 Å². The van der Waals surface area contributed by atoms with Gasteiger partial charge in [-0.15, -0.1) is 11.3 Å². The zero-order valence-electron chi connectivity index (χ0n) is 13.5. The van der Waals surface area contributed by atoms with Crippen LogP contribution in [-0.4, -0.2) is 50.3 Å². The fraction of sp³-hybridized carbons (Fsp3) is 0.389. The van der Waals surface area contributed by atoms with Crippen LogP contribution in [0.15, 0.2) is 36.4 Å². The smallest absolute Gasteiger partial charge is 0.263 e. The molecule has 0 radical (unpaired) electrons.